The molecule has 0 radical (unpaired) electrons. The number of hydrogen-bond donors (Lipinski definition) is 1. The lowest BCUT2D eigenvalue weighted by Gasteiger charge is -2.09. The second kappa shape index (κ2) is 7.95. The lowest BCUT2D eigenvalue weighted by Crippen LogP contribution is -2.13. The largest absolute Gasteiger partial charge is 0.462 e. The van der Waals surface area contributed by atoms with E-state index in [9.17, 15) is 14.4 Å². The summed E-state index contributed by atoms with van der Waals surface area (Å²) in [7, 11) is 0. The second-order valence-corrected chi connectivity index (χ2v) is 7.66. The molecule has 0 unspecified atom stereocenters. The van der Waals surface area contributed by atoms with Gasteiger partial charge in [-0.15, -0.1) is 0 Å². The Labute approximate surface area is 174 Å². The predicted molar refractivity (Wildman–Crippen MR) is 115 cm³/mol. The van der Waals surface area contributed by atoms with Gasteiger partial charge in [-0.3, -0.25) is 9.59 Å². The van der Waals surface area contributed by atoms with Crippen molar-refractivity contribution < 1.29 is 19.1 Å². The Hall–Kier alpha value is -3.73. The van der Waals surface area contributed by atoms with E-state index in [1.165, 1.54) is 0 Å². The average Bonchev–Trinajstić information content (AvgIpc) is 3.04. The van der Waals surface area contributed by atoms with Crippen LogP contribution in [-0.2, 0) is 4.74 Å². The Bertz CT molecular complexity index is 1150. The van der Waals surface area contributed by atoms with Gasteiger partial charge < -0.3 is 10.1 Å². The number of fused-ring (bicyclic) bond motifs is 3. The fourth-order valence-corrected chi connectivity index (χ4v) is 3.39. The molecule has 0 aromatic heterocycles. The molecule has 5 nitrogen and oxygen atoms in total. The summed E-state index contributed by atoms with van der Waals surface area (Å²) in [5.74, 6) is -0.519. The van der Waals surface area contributed by atoms with Crippen molar-refractivity contribution in [3.63, 3.8) is 0 Å². The van der Waals surface area contributed by atoms with Gasteiger partial charge in [-0.05, 0) is 53.4 Å². The van der Waals surface area contributed by atoms with Gasteiger partial charge >= 0.3 is 5.97 Å². The van der Waals surface area contributed by atoms with Crippen molar-refractivity contribution in [1.29, 1.82) is 0 Å². The number of rotatable bonds is 5. The molecule has 0 spiro atoms. The lowest BCUT2D eigenvalue weighted by atomic mass is 10.0. The van der Waals surface area contributed by atoms with Crippen LogP contribution in [0.25, 0.3) is 11.1 Å². The summed E-state index contributed by atoms with van der Waals surface area (Å²) >= 11 is 0. The first kappa shape index (κ1) is 19.6. The molecule has 30 heavy (non-hydrogen) atoms. The molecule has 1 N–H and O–H groups in total. The van der Waals surface area contributed by atoms with Gasteiger partial charge in [0.25, 0.3) is 5.91 Å². The molecular formula is C25H21NO4. The van der Waals surface area contributed by atoms with Crippen LogP contribution in [0, 0.1) is 5.92 Å². The highest BCUT2D eigenvalue weighted by atomic mass is 16.5. The van der Waals surface area contributed by atoms with Gasteiger partial charge in [0.05, 0.1) is 12.2 Å². The van der Waals surface area contributed by atoms with E-state index in [1.807, 2.05) is 38.1 Å². The average molecular weight is 399 g/mol. The van der Waals surface area contributed by atoms with Crippen molar-refractivity contribution in [1.82, 2.24) is 0 Å². The molecule has 1 aliphatic carbocycles. The molecule has 0 aliphatic heterocycles. The van der Waals surface area contributed by atoms with Crippen molar-refractivity contribution in [3.8, 4) is 11.1 Å². The normalized spacial score (nSPS) is 11.8. The van der Waals surface area contributed by atoms with E-state index in [0.717, 1.165) is 11.1 Å². The summed E-state index contributed by atoms with van der Waals surface area (Å²) in [6.45, 7) is 4.30. The third-order valence-corrected chi connectivity index (χ3v) is 4.91. The molecule has 0 fully saturated rings. The van der Waals surface area contributed by atoms with Gasteiger partial charge in [-0.2, -0.15) is 0 Å². The number of carbonyl (C=O) groups is 3. The molecule has 4 rings (SSSR count). The molecule has 150 valence electrons. The van der Waals surface area contributed by atoms with Crippen molar-refractivity contribution in [2.75, 3.05) is 11.9 Å². The van der Waals surface area contributed by atoms with Crippen LogP contribution in [-0.4, -0.2) is 24.3 Å². The van der Waals surface area contributed by atoms with Crippen LogP contribution in [0.15, 0.2) is 66.7 Å². The molecule has 3 aromatic rings. The quantitative estimate of drug-likeness (QED) is 0.481. The summed E-state index contributed by atoms with van der Waals surface area (Å²) in [6.07, 6.45) is 0. The summed E-state index contributed by atoms with van der Waals surface area (Å²) in [5.41, 5.74) is 4.30. The topological polar surface area (TPSA) is 72.5 Å². The van der Waals surface area contributed by atoms with Crippen molar-refractivity contribution >= 4 is 23.3 Å². The van der Waals surface area contributed by atoms with E-state index >= 15 is 0 Å². The molecule has 1 aliphatic rings. The third-order valence-electron chi connectivity index (χ3n) is 4.91. The minimum absolute atomic E-state index is 0.0699. The van der Waals surface area contributed by atoms with E-state index in [2.05, 4.69) is 5.32 Å². The third kappa shape index (κ3) is 3.74. The van der Waals surface area contributed by atoms with E-state index in [4.69, 9.17) is 4.74 Å². The summed E-state index contributed by atoms with van der Waals surface area (Å²) in [4.78, 5) is 37.3. The SMILES string of the molecule is CC(C)COC(=O)c1ccc(NC(=O)c2ccc3c(c2)C(=O)c2ccccc2-3)cc1. The summed E-state index contributed by atoms with van der Waals surface area (Å²) in [6, 6.07) is 19.1. The number of nitrogens with one attached hydrogen (secondary N) is 1. The Kier molecular flexibility index (Phi) is 5.19. The second-order valence-electron chi connectivity index (χ2n) is 7.66. The standard InChI is InChI=1S/C25H21NO4/c1-15(2)14-30-25(29)16-7-10-18(11-8-16)26-24(28)17-9-12-20-19-5-3-4-6-21(19)23(27)22(20)13-17/h3-13,15H,14H2,1-2H3,(H,26,28). The zero-order chi connectivity index (χ0) is 21.3. The Morgan fingerprint density at radius 3 is 2.17 bits per heavy atom. The van der Waals surface area contributed by atoms with Crippen LogP contribution in [0.5, 0.6) is 0 Å². The Morgan fingerprint density at radius 2 is 1.47 bits per heavy atom. The smallest absolute Gasteiger partial charge is 0.338 e. The van der Waals surface area contributed by atoms with Crippen LogP contribution in [0.2, 0.25) is 0 Å². The zero-order valence-corrected chi connectivity index (χ0v) is 16.8. The fraction of sp³-hybridized carbons (Fsp3) is 0.160. The van der Waals surface area contributed by atoms with Crippen LogP contribution in [0.4, 0.5) is 5.69 Å². The number of benzene rings is 3. The van der Waals surface area contributed by atoms with E-state index in [1.54, 1.807) is 42.5 Å². The number of ketones is 1. The number of anilines is 1. The van der Waals surface area contributed by atoms with Gasteiger partial charge in [0.1, 0.15) is 0 Å². The van der Waals surface area contributed by atoms with E-state index in [0.29, 0.717) is 34.5 Å². The van der Waals surface area contributed by atoms with Gasteiger partial charge in [0, 0.05) is 22.4 Å². The van der Waals surface area contributed by atoms with Crippen molar-refractivity contribution in [2.24, 2.45) is 5.92 Å². The number of amides is 1. The lowest BCUT2D eigenvalue weighted by molar-refractivity contribution is 0.0459. The van der Waals surface area contributed by atoms with Gasteiger partial charge in [0.2, 0.25) is 0 Å². The maximum Gasteiger partial charge on any atom is 0.338 e. The molecule has 1 amide bonds. The Morgan fingerprint density at radius 1 is 0.833 bits per heavy atom. The molecule has 0 heterocycles. The van der Waals surface area contributed by atoms with Crippen LogP contribution in [0.3, 0.4) is 0 Å². The molecule has 5 heteroatoms. The van der Waals surface area contributed by atoms with E-state index < -0.39 is 5.97 Å². The minimum Gasteiger partial charge on any atom is -0.462 e. The first-order valence-electron chi connectivity index (χ1n) is 9.80. The summed E-state index contributed by atoms with van der Waals surface area (Å²) < 4.78 is 5.20. The number of ether oxygens (including phenoxy) is 1. The highest BCUT2D eigenvalue weighted by Gasteiger charge is 2.27. The van der Waals surface area contributed by atoms with Crippen LogP contribution >= 0.6 is 0 Å². The predicted octanol–water partition coefficient (Wildman–Crippen LogP) is 4.96. The zero-order valence-electron chi connectivity index (χ0n) is 16.8. The molecule has 0 saturated carbocycles. The summed E-state index contributed by atoms with van der Waals surface area (Å²) in [5, 5.41) is 2.80. The van der Waals surface area contributed by atoms with Crippen molar-refractivity contribution in [2.45, 2.75) is 13.8 Å². The number of hydrogen-bond acceptors (Lipinski definition) is 4. The number of esters is 1. The maximum absolute atomic E-state index is 12.7. The van der Waals surface area contributed by atoms with Crippen molar-refractivity contribution in [3.05, 3.63) is 89.0 Å². The maximum atomic E-state index is 12.7. The highest BCUT2D eigenvalue weighted by Crippen LogP contribution is 2.36. The first-order chi connectivity index (χ1) is 14.4. The molecule has 0 bridgehead atoms. The highest BCUT2D eigenvalue weighted by molar-refractivity contribution is 6.22. The molecule has 0 atom stereocenters. The van der Waals surface area contributed by atoms with Crippen LogP contribution < -0.4 is 5.32 Å². The molecule has 3 aromatic carbocycles. The first-order valence-corrected chi connectivity index (χ1v) is 9.80. The van der Waals surface area contributed by atoms with Crippen LogP contribution in [0.1, 0.15) is 50.5 Å². The van der Waals surface area contributed by atoms with Gasteiger partial charge in [-0.1, -0.05) is 44.2 Å². The molecule has 0 saturated heterocycles. The molecular weight excluding hydrogens is 378 g/mol. The van der Waals surface area contributed by atoms with E-state index in [-0.39, 0.29) is 17.6 Å². The fourth-order valence-electron chi connectivity index (χ4n) is 3.39. The minimum atomic E-state index is -0.390. The monoisotopic (exact) mass is 399 g/mol. The Balaban J connectivity index is 1.48. The number of carbonyl (C=O) groups excluding carboxylic acids is 3. The van der Waals surface area contributed by atoms with Gasteiger partial charge in [-0.25, -0.2) is 4.79 Å². The van der Waals surface area contributed by atoms with Gasteiger partial charge in [0.15, 0.2) is 5.78 Å².